The van der Waals surface area contributed by atoms with Crippen molar-refractivity contribution in [3.05, 3.63) is 21.8 Å². The molecule has 102 valence electrons. The number of carbonyl (C=O) groups is 2. The van der Waals surface area contributed by atoms with Gasteiger partial charge in [-0.25, -0.2) is 0 Å². The lowest BCUT2D eigenvalue weighted by molar-refractivity contribution is -0.492. The Morgan fingerprint density at radius 3 is 2.22 bits per heavy atom. The van der Waals surface area contributed by atoms with Crippen LogP contribution >= 0.6 is 0 Å². The number of rotatable bonds is 8. The number of Topliss-reactive ketones (excluding diaryl/α,β-unsaturated/α-hetero) is 2. The molecule has 0 aliphatic rings. The van der Waals surface area contributed by atoms with Crippen molar-refractivity contribution in [2.45, 2.75) is 47.0 Å². The summed E-state index contributed by atoms with van der Waals surface area (Å²) >= 11 is 0. The third-order valence-corrected chi connectivity index (χ3v) is 2.89. The van der Waals surface area contributed by atoms with E-state index in [1.54, 1.807) is 0 Å². The maximum Gasteiger partial charge on any atom is 0.216 e. The van der Waals surface area contributed by atoms with Gasteiger partial charge in [-0.2, -0.15) is 0 Å². The molecule has 0 saturated carbocycles. The van der Waals surface area contributed by atoms with E-state index in [0.29, 0.717) is 12.8 Å². The monoisotopic (exact) mass is 255 g/mol. The minimum atomic E-state index is -1.18. The standard InChI is InChI=1S/C13H21NO4/c1-10(2)6-5-7-12(16)8-13(4,11(3)15)9-14(17)18/h6H,5,7-9H2,1-4H3. The first kappa shape index (κ1) is 16.5. The number of ketones is 2. The van der Waals surface area contributed by atoms with E-state index in [4.69, 9.17) is 0 Å². The van der Waals surface area contributed by atoms with Gasteiger partial charge in [-0.15, -0.1) is 0 Å². The van der Waals surface area contributed by atoms with Crippen LogP contribution in [0, 0.1) is 15.5 Å². The highest BCUT2D eigenvalue weighted by molar-refractivity contribution is 5.89. The Kier molecular flexibility index (Phi) is 6.44. The van der Waals surface area contributed by atoms with Crippen LogP contribution in [0.2, 0.25) is 0 Å². The Labute approximate surface area is 107 Å². The molecule has 0 aromatic rings. The number of hydrogen-bond donors (Lipinski definition) is 0. The van der Waals surface area contributed by atoms with Crippen LogP contribution in [-0.2, 0) is 9.59 Å². The van der Waals surface area contributed by atoms with E-state index in [1.165, 1.54) is 13.8 Å². The number of hydrogen-bond acceptors (Lipinski definition) is 4. The summed E-state index contributed by atoms with van der Waals surface area (Å²) in [6, 6.07) is 0. The van der Waals surface area contributed by atoms with Crippen molar-refractivity contribution < 1.29 is 14.5 Å². The van der Waals surface area contributed by atoms with Crippen LogP contribution in [-0.4, -0.2) is 23.0 Å². The van der Waals surface area contributed by atoms with Gasteiger partial charge in [-0.3, -0.25) is 19.7 Å². The summed E-state index contributed by atoms with van der Waals surface area (Å²) in [6.07, 6.45) is 2.83. The SMILES string of the molecule is CC(=O)C(C)(CC(=O)CCC=C(C)C)C[N+](=O)[O-]. The number of allylic oxidation sites excluding steroid dienone is 2. The van der Waals surface area contributed by atoms with E-state index in [2.05, 4.69) is 0 Å². The van der Waals surface area contributed by atoms with Crippen LogP contribution in [0.1, 0.15) is 47.0 Å². The van der Waals surface area contributed by atoms with Gasteiger partial charge in [-0.05, 0) is 34.1 Å². The lowest BCUT2D eigenvalue weighted by atomic mass is 9.80. The van der Waals surface area contributed by atoms with E-state index in [-0.39, 0.29) is 18.0 Å². The van der Waals surface area contributed by atoms with Crippen LogP contribution in [0.3, 0.4) is 0 Å². The van der Waals surface area contributed by atoms with E-state index >= 15 is 0 Å². The van der Waals surface area contributed by atoms with Gasteiger partial charge in [0, 0.05) is 17.8 Å². The molecule has 0 aromatic heterocycles. The molecule has 0 aromatic carbocycles. The lowest BCUT2D eigenvalue weighted by Crippen LogP contribution is -2.35. The molecule has 0 amide bonds. The average Bonchev–Trinajstić information content (AvgIpc) is 2.14. The molecular formula is C13H21NO4. The van der Waals surface area contributed by atoms with E-state index in [1.807, 2.05) is 19.9 Å². The molecule has 0 aliphatic heterocycles. The van der Waals surface area contributed by atoms with Gasteiger partial charge in [0.15, 0.2) is 0 Å². The van der Waals surface area contributed by atoms with Gasteiger partial charge in [0.1, 0.15) is 11.6 Å². The van der Waals surface area contributed by atoms with Crippen molar-refractivity contribution in [2.75, 3.05) is 6.54 Å². The highest BCUT2D eigenvalue weighted by Crippen LogP contribution is 2.24. The predicted octanol–water partition coefficient (Wildman–Crippen LogP) is 2.56. The normalized spacial score (nSPS) is 13.6. The summed E-state index contributed by atoms with van der Waals surface area (Å²) < 4.78 is 0. The zero-order chi connectivity index (χ0) is 14.3. The Morgan fingerprint density at radius 2 is 1.83 bits per heavy atom. The van der Waals surface area contributed by atoms with Crippen molar-refractivity contribution in [3.8, 4) is 0 Å². The van der Waals surface area contributed by atoms with Crippen LogP contribution < -0.4 is 0 Å². The second kappa shape index (κ2) is 7.03. The second-order valence-electron chi connectivity index (χ2n) is 5.14. The quantitative estimate of drug-likeness (QED) is 0.379. The van der Waals surface area contributed by atoms with Gasteiger partial charge < -0.3 is 0 Å². The molecule has 5 nitrogen and oxygen atoms in total. The molecule has 0 spiro atoms. The fraction of sp³-hybridized carbons (Fsp3) is 0.692. The van der Waals surface area contributed by atoms with Gasteiger partial charge in [0.05, 0.1) is 5.41 Å². The molecule has 1 atom stereocenters. The molecule has 0 heterocycles. The third kappa shape index (κ3) is 6.27. The number of carbonyl (C=O) groups excluding carboxylic acids is 2. The molecule has 0 fully saturated rings. The van der Waals surface area contributed by atoms with Crippen molar-refractivity contribution in [2.24, 2.45) is 5.41 Å². The van der Waals surface area contributed by atoms with Gasteiger partial charge >= 0.3 is 0 Å². The summed E-state index contributed by atoms with van der Waals surface area (Å²) in [5.41, 5.74) is -0.0478. The van der Waals surface area contributed by atoms with Crippen LogP contribution in [0.5, 0.6) is 0 Å². The lowest BCUT2D eigenvalue weighted by Gasteiger charge is -2.20. The zero-order valence-electron chi connectivity index (χ0n) is 11.5. The summed E-state index contributed by atoms with van der Waals surface area (Å²) in [5.74, 6) is -0.415. The minimum absolute atomic E-state index is 0.0556. The second-order valence-corrected chi connectivity index (χ2v) is 5.14. The first-order valence-electron chi connectivity index (χ1n) is 5.95. The van der Waals surface area contributed by atoms with Crippen molar-refractivity contribution in [1.29, 1.82) is 0 Å². The maximum atomic E-state index is 11.7. The van der Waals surface area contributed by atoms with E-state index in [0.717, 1.165) is 5.57 Å². The molecule has 1 unspecified atom stereocenters. The highest BCUT2D eigenvalue weighted by atomic mass is 16.6. The Balaban J connectivity index is 4.51. The molecule has 0 aliphatic carbocycles. The summed E-state index contributed by atoms with van der Waals surface area (Å²) in [7, 11) is 0. The van der Waals surface area contributed by atoms with Gasteiger partial charge in [-0.1, -0.05) is 11.6 Å². The Morgan fingerprint density at radius 1 is 1.28 bits per heavy atom. The maximum absolute atomic E-state index is 11.7. The predicted molar refractivity (Wildman–Crippen MR) is 68.9 cm³/mol. The van der Waals surface area contributed by atoms with Crippen molar-refractivity contribution >= 4 is 11.6 Å². The number of nitrogens with zero attached hydrogens (tertiary/aromatic N) is 1. The van der Waals surface area contributed by atoms with E-state index < -0.39 is 16.9 Å². The molecule has 0 saturated heterocycles. The molecule has 0 bridgehead atoms. The first-order valence-corrected chi connectivity index (χ1v) is 5.95. The average molecular weight is 255 g/mol. The molecule has 0 N–H and O–H groups in total. The fourth-order valence-corrected chi connectivity index (χ4v) is 1.62. The Bertz CT molecular complexity index is 369. The van der Waals surface area contributed by atoms with Crippen LogP contribution in [0.15, 0.2) is 11.6 Å². The van der Waals surface area contributed by atoms with Crippen LogP contribution in [0.4, 0.5) is 0 Å². The molecule has 0 radical (unpaired) electrons. The van der Waals surface area contributed by atoms with Crippen molar-refractivity contribution in [3.63, 3.8) is 0 Å². The van der Waals surface area contributed by atoms with E-state index in [9.17, 15) is 19.7 Å². The molecular weight excluding hydrogens is 234 g/mol. The molecule has 5 heteroatoms. The highest BCUT2D eigenvalue weighted by Gasteiger charge is 2.37. The topological polar surface area (TPSA) is 77.3 Å². The van der Waals surface area contributed by atoms with Crippen molar-refractivity contribution in [1.82, 2.24) is 0 Å². The summed E-state index contributed by atoms with van der Waals surface area (Å²) in [4.78, 5) is 33.2. The van der Waals surface area contributed by atoms with Gasteiger partial charge in [0.25, 0.3) is 0 Å². The Hall–Kier alpha value is -1.52. The summed E-state index contributed by atoms with van der Waals surface area (Å²) in [6.45, 7) is 6.17. The largest absolute Gasteiger partial charge is 0.300 e. The fourth-order valence-electron chi connectivity index (χ4n) is 1.62. The molecule has 18 heavy (non-hydrogen) atoms. The molecule has 0 rings (SSSR count). The number of nitro groups is 1. The summed E-state index contributed by atoms with van der Waals surface area (Å²) in [5, 5.41) is 10.5. The first-order chi connectivity index (χ1) is 8.17. The zero-order valence-corrected chi connectivity index (χ0v) is 11.5. The van der Waals surface area contributed by atoms with Crippen LogP contribution in [0.25, 0.3) is 0 Å². The minimum Gasteiger partial charge on any atom is -0.300 e. The van der Waals surface area contributed by atoms with Gasteiger partial charge in [0.2, 0.25) is 6.54 Å². The third-order valence-electron chi connectivity index (χ3n) is 2.89. The smallest absolute Gasteiger partial charge is 0.216 e.